The molecule has 140 valence electrons. The summed E-state index contributed by atoms with van der Waals surface area (Å²) in [6, 6.07) is 9.26. The topological polar surface area (TPSA) is 75.5 Å². The van der Waals surface area contributed by atoms with Crippen LogP contribution in [0.25, 0.3) is 10.9 Å². The molecule has 3 heterocycles. The van der Waals surface area contributed by atoms with E-state index in [1.54, 1.807) is 23.9 Å². The Kier molecular flexibility index (Phi) is 4.70. The van der Waals surface area contributed by atoms with Gasteiger partial charge in [-0.3, -0.25) is 4.79 Å². The van der Waals surface area contributed by atoms with E-state index in [-0.39, 0.29) is 17.3 Å². The molecule has 1 N–H and O–H groups in total. The largest absolute Gasteiger partial charge is 0.465 e. The highest BCUT2D eigenvalue weighted by Crippen LogP contribution is 2.41. The quantitative estimate of drug-likeness (QED) is 0.688. The predicted octanol–water partition coefficient (Wildman–Crippen LogP) is 4.02. The fourth-order valence-corrected chi connectivity index (χ4v) is 4.65. The first-order valence-corrected chi connectivity index (χ1v) is 9.77. The molecule has 1 aliphatic rings. The molecule has 6 nitrogen and oxygen atoms in total. The van der Waals surface area contributed by atoms with Crippen molar-refractivity contribution in [2.75, 3.05) is 12.9 Å². The van der Waals surface area contributed by atoms with Crippen molar-refractivity contribution >= 4 is 34.5 Å². The lowest BCUT2D eigenvalue weighted by atomic mass is 10.1. The molecule has 1 atom stereocenters. The molecule has 0 radical (unpaired) electrons. The Morgan fingerprint density at radius 2 is 2.22 bits per heavy atom. The molecule has 1 aliphatic heterocycles. The number of nitrogens with one attached hydrogen (secondary N) is 1. The molecule has 1 amide bonds. The van der Waals surface area contributed by atoms with E-state index in [1.807, 2.05) is 36.2 Å². The zero-order valence-electron chi connectivity index (χ0n) is 15.2. The number of furan rings is 1. The maximum Gasteiger partial charge on any atom is 0.337 e. The maximum absolute atomic E-state index is 12.6. The predicted molar refractivity (Wildman–Crippen MR) is 103 cm³/mol. The van der Waals surface area contributed by atoms with Crippen LogP contribution in [-0.2, 0) is 16.1 Å². The number of carbonyl (C=O) groups excluding carboxylic acids is 2. The first kappa shape index (κ1) is 17.7. The second kappa shape index (κ2) is 7.15. The van der Waals surface area contributed by atoms with Gasteiger partial charge in [-0.2, -0.15) is 0 Å². The molecule has 3 aromatic rings. The Bertz CT molecular complexity index is 1010. The van der Waals surface area contributed by atoms with Crippen molar-refractivity contribution < 1.29 is 18.7 Å². The molecule has 1 saturated heterocycles. The first-order valence-electron chi connectivity index (χ1n) is 8.72. The van der Waals surface area contributed by atoms with Gasteiger partial charge >= 0.3 is 5.97 Å². The average molecular weight is 384 g/mol. The van der Waals surface area contributed by atoms with Gasteiger partial charge < -0.3 is 19.0 Å². The lowest BCUT2D eigenvalue weighted by molar-refractivity contribution is -0.133. The highest BCUT2D eigenvalue weighted by atomic mass is 32.2. The highest BCUT2D eigenvalue weighted by Gasteiger charge is 2.32. The number of aryl methyl sites for hydroxylation is 1. The van der Waals surface area contributed by atoms with Crippen LogP contribution in [-0.4, -0.2) is 34.6 Å². The van der Waals surface area contributed by atoms with Gasteiger partial charge in [0.05, 0.1) is 19.2 Å². The number of aromatic nitrogens is 1. The monoisotopic (exact) mass is 384 g/mol. The normalized spacial score (nSPS) is 17.5. The van der Waals surface area contributed by atoms with Crippen LogP contribution in [0.2, 0.25) is 0 Å². The second-order valence-electron chi connectivity index (χ2n) is 6.50. The summed E-state index contributed by atoms with van der Waals surface area (Å²) in [6.45, 7) is 2.34. The Morgan fingerprint density at radius 3 is 2.96 bits per heavy atom. The SMILES string of the molecule is COC(=O)c1ccc2c(C3SCCC(=O)N3Cc3ccc(C)o3)c[nH]c2c1. The number of hydrogen-bond donors (Lipinski definition) is 1. The van der Waals surface area contributed by atoms with E-state index in [9.17, 15) is 9.59 Å². The van der Waals surface area contributed by atoms with E-state index >= 15 is 0 Å². The third-order valence-corrected chi connectivity index (χ3v) is 5.98. The van der Waals surface area contributed by atoms with Gasteiger partial charge in [-0.25, -0.2) is 4.79 Å². The Hall–Kier alpha value is -2.67. The molecular weight excluding hydrogens is 364 g/mol. The summed E-state index contributed by atoms with van der Waals surface area (Å²) in [5.41, 5.74) is 2.37. The Balaban J connectivity index is 1.69. The number of fused-ring (bicyclic) bond motifs is 1. The van der Waals surface area contributed by atoms with Crippen molar-refractivity contribution in [1.29, 1.82) is 0 Å². The van der Waals surface area contributed by atoms with Crippen LogP contribution < -0.4 is 0 Å². The van der Waals surface area contributed by atoms with Gasteiger partial charge in [0, 0.05) is 34.8 Å². The van der Waals surface area contributed by atoms with Crippen molar-refractivity contribution in [3.05, 3.63) is 59.2 Å². The number of amides is 1. The van der Waals surface area contributed by atoms with Gasteiger partial charge in [-0.1, -0.05) is 6.07 Å². The van der Waals surface area contributed by atoms with Crippen molar-refractivity contribution in [3.8, 4) is 0 Å². The van der Waals surface area contributed by atoms with Crippen molar-refractivity contribution in [2.45, 2.75) is 25.3 Å². The lowest BCUT2D eigenvalue weighted by Crippen LogP contribution is -2.36. The standard InChI is InChI=1S/C20H20N2O4S/c1-12-3-5-14(26-12)11-22-18(23)7-8-27-19(22)16-10-21-17-9-13(20(24)25-2)4-6-15(16)17/h3-6,9-10,19,21H,7-8,11H2,1-2H3. The molecule has 0 aliphatic carbocycles. The summed E-state index contributed by atoms with van der Waals surface area (Å²) in [5.74, 6) is 2.14. The number of hydrogen-bond acceptors (Lipinski definition) is 5. The highest BCUT2D eigenvalue weighted by molar-refractivity contribution is 7.99. The van der Waals surface area contributed by atoms with Crippen LogP contribution >= 0.6 is 11.8 Å². The smallest absolute Gasteiger partial charge is 0.337 e. The molecule has 2 aromatic heterocycles. The third kappa shape index (κ3) is 3.35. The van der Waals surface area contributed by atoms with Crippen LogP contribution in [0.5, 0.6) is 0 Å². The third-order valence-electron chi connectivity index (χ3n) is 4.72. The molecule has 0 saturated carbocycles. The molecule has 1 unspecified atom stereocenters. The molecular formula is C20H20N2O4S. The van der Waals surface area contributed by atoms with E-state index < -0.39 is 0 Å². The first-order chi connectivity index (χ1) is 13.1. The van der Waals surface area contributed by atoms with E-state index in [2.05, 4.69) is 4.98 Å². The summed E-state index contributed by atoms with van der Waals surface area (Å²) in [4.78, 5) is 29.5. The number of nitrogens with zero attached hydrogens (tertiary/aromatic N) is 1. The van der Waals surface area contributed by atoms with Crippen LogP contribution in [0, 0.1) is 6.92 Å². The number of rotatable bonds is 4. The summed E-state index contributed by atoms with van der Waals surface area (Å²) in [6.07, 6.45) is 2.44. The molecule has 4 rings (SSSR count). The zero-order valence-corrected chi connectivity index (χ0v) is 16.0. The molecule has 27 heavy (non-hydrogen) atoms. The number of methoxy groups -OCH3 is 1. The van der Waals surface area contributed by atoms with Gasteiger partial charge in [0.15, 0.2) is 0 Å². The molecule has 0 spiro atoms. The summed E-state index contributed by atoms with van der Waals surface area (Å²) < 4.78 is 10.5. The van der Waals surface area contributed by atoms with E-state index in [0.29, 0.717) is 18.5 Å². The molecule has 1 fully saturated rings. The van der Waals surface area contributed by atoms with Gasteiger partial charge in [-0.05, 0) is 31.2 Å². The van der Waals surface area contributed by atoms with Crippen molar-refractivity contribution in [3.63, 3.8) is 0 Å². The number of esters is 1. The Morgan fingerprint density at radius 1 is 1.37 bits per heavy atom. The van der Waals surface area contributed by atoms with E-state index in [4.69, 9.17) is 9.15 Å². The van der Waals surface area contributed by atoms with Gasteiger partial charge in [0.2, 0.25) is 5.91 Å². The van der Waals surface area contributed by atoms with Crippen molar-refractivity contribution in [1.82, 2.24) is 9.88 Å². The number of aromatic amines is 1. The summed E-state index contributed by atoms with van der Waals surface area (Å²) in [7, 11) is 1.37. The maximum atomic E-state index is 12.6. The number of ether oxygens (including phenoxy) is 1. The van der Waals surface area contributed by atoms with Crippen LogP contribution in [0.1, 0.15) is 39.2 Å². The minimum absolute atomic E-state index is 0.102. The minimum Gasteiger partial charge on any atom is -0.465 e. The van der Waals surface area contributed by atoms with Gasteiger partial charge in [0.25, 0.3) is 0 Å². The Labute approximate surface area is 160 Å². The van der Waals surface area contributed by atoms with Crippen LogP contribution in [0.15, 0.2) is 40.9 Å². The summed E-state index contributed by atoms with van der Waals surface area (Å²) in [5, 5.41) is 0.893. The van der Waals surface area contributed by atoms with Gasteiger partial charge in [0.1, 0.15) is 16.9 Å². The summed E-state index contributed by atoms with van der Waals surface area (Å²) >= 11 is 1.74. The van der Waals surface area contributed by atoms with E-state index in [0.717, 1.165) is 33.7 Å². The van der Waals surface area contributed by atoms with Crippen molar-refractivity contribution in [2.24, 2.45) is 0 Å². The number of carbonyl (C=O) groups is 2. The molecule has 0 bridgehead atoms. The molecule has 1 aromatic carbocycles. The van der Waals surface area contributed by atoms with E-state index in [1.165, 1.54) is 7.11 Å². The number of thioether (sulfide) groups is 1. The lowest BCUT2D eigenvalue weighted by Gasteiger charge is -2.34. The van der Waals surface area contributed by atoms with Crippen LogP contribution in [0.4, 0.5) is 0 Å². The molecule has 7 heteroatoms. The second-order valence-corrected chi connectivity index (χ2v) is 7.69. The number of H-pyrrole nitrogens is 1. The minimum atomic E-state index is -0.370. The number of benzene rings is 1. The zero-order chi connectivity index (χ0) is 19.0. The van der Waals surface area contributed by atoms with Gasteiger partial charge in [-0.15, -0.1) is 11.8 Å². The fourth-order valence-electron chi connectivity index (χ4n) is 3.39. The average Bonchev–Trinajstić information content (AvgIpc) is 3.28. The fraction of sp³-hybridized carbons (Fsp3) is 0.300. The van der Waals surface area contributed by atoms with Crippen LogP contribution in [0.3, 0.4) is 0 Å².